The molecule has 3 fully saturated rings. The van der Waals surface area contributed by atoms with E-state index in [1.54, 1.807) is 0 Å². The minimum Gasteiger partial charge on any atom is -0.463 e. The van der Waals surface area contributed by atoms with Gasteiger partial charge in [-0.2, -0.15) is 0 Å². The fraction of sp³-hybridized carbons (Fsp3) is 0.870. The number of ether oxygens (including phenoxy) is 1. The molecule has 0 spiro atoms. The Morgan fingerprint density at radius 2 is 1.40 bits per heavy atom. The van der Waals surface area contributed by atoms with Crippen molar-refractivity contribution in [1.29, 1.82) is 0 Å². The van der Waals surface area contributed by atoms with Crippen LogP contribution in [0.2, 0.25) is 0 Å². The first-order valence-electron chi connectivity index (χ1n) is 11.2. The lowest BCUT2D eigenvalue weighted by atomic mass is 9.79. The fourth-order valence-corrected chi connectivity index (χ4v) is 4.81. The molecular weight excluding hydrogens is 308 g/mol. The van der Waals surface area contributed by atoms with Crippen LogP contribution in [0.5, 0.6) is 0 Å². The predicted octanol–water partition coefficient (Wildman–Crippen LogP) is 6.98. The van der Waals surface area contributed by atoms with E-state index >= 15 is 0 Å². The van der Waals surface area contributed by atoms with E-state index < -0.39 is 0 Å². The molecule has 3 saturated carbocycles. The van der Waals surface area contributed by atoms with Crippen LogP contribution >= 0.6 is 0 Å². The smallest absolute Gasteiger partial charge is 0.330 e. The topological polar surface area (TPSA) is 26.3 Å². The van der Waals surface area contributed by atoms with Crippen LogP contribution in [0.25, 0.3) is 0 Å². The number of carbonyl (C=O) groups is 1. The second-order valence-corrected chi connectivity index (χ2v) is 8.26. The van der Waals surface area contributed by atoms with Crippen LogP contribution in [-0.4, -0.2) is 12.6 Å². The van der Waals surface area contributed by atoms with Crippen molar-refractivity contribution in [3.8, 4) is 0 Å². The Labute approximate surface area is 155 Å². The van der Waals surface area contributed by atoms with E-state index in [0.29, 0.717) is 12.5 Å². The summed E-state index contributed by atoms with van der Waals surface area (Å²) in [5, 5.41) is 0. The van der Waals surface area contributed by atoms with Gasteiger partial charge in [0.25, 0.3) is 0 Å². The number of allylic oxidation sites excluding steroid dienone is 1. The Morgan fingerprint density at radius 1 is 0.840 bits per heavy atom. The van der Waals surface area contributed by atoms with Crippen molar-refractivity contribution in [2.24, 2.45) is 11.8 Å². The van der Waals surface area contributed by atoms with Gasteiger partial charge in [-0.15, -0.1) is 0 Å². The molecule has 0 aromatic rings. The van der Waals surface area contributed by atoms with Crippen LogP contribution in [0.1, 0.15) is 110 Å². The first-order valence-corrected chi connectivity index (χ1v) is 11.2. The summed E-state index contributed by atoms with van der Waals surface area (Å²) in [7, 11) is 0. The molecule has 3 aliphatic rings. The van der Waals surface area contributed by atoms with E-state index in [0.717, 1.165) is 12.3 Å². The molecule has 0 aromatic carbocycles. The standard InChI is InChI=1S/C23H40O2/c1-2-25-23(24)19-22-16-10-8-6-4-3-5-7-9-13-20-14-11-17-21(22)18-12-15-20/h19-21H,2-18H2,1H3. The van der Waals surface area contributed by atoms with Gasteiger partial charge in [-0.3, -0.25) is 0 Å². The summed E-state index contributed by atoms with van der Waals surface area (Å²) < 4.78 is 5.21. The molecule has 0 unspecified atom stereocenters. The minimum atomic E-state index is -0.119. The highest BCUT2D eigenvalue weighted by Crippen LogP contribution is 2.34. The molecule has 3 rings (SSSR count). The largest absolute Gasteiger partial charge is 0.463 e. The van der Waals surface area contributed by atoms with Crippen LogP contribution in [-0.2, 0) is 9.53 Å². The van der Waals surface area contributed by atoms with Crippen molar-refractivity contribution in [2.75, 3.05) is 6.61 Å². The monoisotopic (exact) mass is 348 g/mol. The van der Waals surface area contributed by atoms with Crippen LogP contribution in [0.4, 0.5) is 0 Å². The van der Waals surface area contributed by atoms with Gasteiger partial charge in [-0.05, 0) is 44.4 Å². The summed E-state index contributed by atoms with van der Waals surface area (Å²) in [5.74, 6) is 1.47. The van der Waals surface area contributed by atoms with Gasteiger partial charge in [0.05, 0.1) is 6.61 Å². The summed E-state index contributed by atoms with van der Waals surface area (Å²) in [4.78, 5) is 12.0. The number of hydrogen-bond acceptors (Lipinski definition) is 2. The number of hydrogen-bond donors (Lipinski definition) is 0. The number of fused-ring (bicyclic) bond motifs is 14. The Morgan fingerprint density at radius 3 is 2.04 bits per heavy atom. The van der Waals surface area contributed by atoms with Gasteiger partial charge in [0.15, 0.2) is 0 Å². The molecule has 0 atom stereocenters. The minimum absolute atomic E-state index is 0.119. The maximum atomic E-state index is 12.0. The maximum Gasteiger partial charge on any atom is 0.330 e. The molecule has 0 saturated heterocycles. The highest BCUT2D eigenvalue weighted by molar-refractivity contribution is 5.82. The Balaban J connectivity index is 2.00. The van der Waals surface area contributed by atoms with Gasteiger partial charge in [0.1, 0.15) is 0 Å². The molecule has 3 aliphatic carbocycles. The van der Waals surface area contributed by atoms with E-state index in [9.17, 15) is 4.79 Å². The van der Waals surface area contributed by atoms with Gasteiger partial charge >= 0.3 is 5.97 Å². The first-order chi connectivity index (χ1) is 12.3. The lowest BCUT2D eigenvalue weighted by Gasteiger charge is -2.27. The summed E-state index contributed by atoms with van der Waals surface area (Å²) in [6, 6.07) is 0. The molecule has 2 nitrogen and oxygen atoms in total. The van der Waals surface area contributed by atoms with Gasteiger partial charge in [0.2, 0.25) is 0 Å². The van der Waals surface area contributed by atoms with Crippen molar-refractivity contribution < 1.29 is 9.53 Å². The molecule has 144 valence electrons. The number of carbonyl (C=O) groups excluding carboxylic acids is 1. The highest BCUT2D eigenvalue weighted by Gasteiger charge is 2.20. The van der Waals surface area contributed by atoms with Gasteiger partial charge in [0, 0.05) is 6.08 Å². The number of esters is 1. The van der Waals surface area contributed by atoms with Crippen LogP contribution in [0.15, 0.2) is 11.6 Å². The zero-order valence-corrected chi connectivity index (χ0v) is 16.6. The summed E-state index contributed by atoms with van der Waals surface area (Å²) in [5.41, 5.74) is 1.39. The van der Waals surface area contributed by atoms with Crippen LogP contribution in [0, 0.1) is 11.8 Å². The normalized spacial score (nSPS) is 29.2. The molecule has 0 aliphatic heterocycles. The molecule has 0 amide bonds. The van der Waals surface area contributed by atoms with Crippen LogP contribution in [0.3, 0.4) is 0 Å². The molecule has 0 aromatic heterocycles. The van der Waals surface area contributed by atoms with Crippen molar-refractivity contribution in [2.45, 2.75) is 110 Å². The molecule has 2 bridgehead atoms. The van der Waals surface area contributed by atoms with Crippen LogP contribution < -0.4 is 0 Å². The van der Waals surface area contributed by atoms with E-state index in [2.05, 4.69) is 0 Å². The second-order valence-electron chi connectivity index (χ2n) is 8.26. The first kappa shape index (κ1) is 20.5. The Bertz CT molecular complexity index is 389. The van der Waals surface area contributed by atoms with E-state index in [4.69, 9.17) is 4.74 Å². The second kappa shape index (κ2) is 12.5. The lowest BCUT2D eigenvalue weighted by Crippen LogP contribution is -2.13. The van der Waals surface area contributed by atoms with E-state index in [1.165, 1.54) is 102 Å². The predicted molar refractivity (Wildman–Crippen MR) is 106 cm³/mol. The van der Waals surface area contributed by atoms with Crippen molar-refractivity contribution in [3.05, 3.63) is 11.6 Å². The summed E-state index contributed by atoms with van der Waals surface area (Å²) >= 11 is 0. The molecular formula is C23H40O2. The molecule has 0 N–H and O–H groups in total. The Hall–Kier alpha value is -0.790. The third kappa shape index (κ3) is 8.42. The number of rotatable bonds is 2. The van der Waals surface area contributed by atoms with Crippen molar-refractivity contribution in [1.82, 2.24) is 0 Å². The summed E-state index contributed by atoms with van der Waals surface area (Å²) in [6.07, 6.45) is 23.5. The third-order valence-corrected chi connectivity index (χ3v) is 6.27. The zero-order valence-electron chi connectivity index (χ0n) is 16.6. The average Bonchev–Trinajstić information content (AvgIpc) is 2.56. The summed E-state index contributed by atoms with van der Waals surface area (Å²) in [6.45, 7) is 2.38. The van der Waals surface area contributed by atoms with E-state index in [-0.39, 0.29) is 5.97 Å². The van der Waals surface area contributed by atoms with Gasteiger partial charge in [-0.1, -0.05) is 82.6 Å². The third-order valence-electron chi connectivity index (χ3n) is 6.27. The zero-order chi connectivity index (χ0) is 17.7. The molecule has 0 radical (unpaired) electrons. The Kier molecular flexibility index (Phi) is 10.3. The fourth-order valence-electron chi connectivity index (χ4n) is 4.81. The molecule has 2 heteroatoms. The quantitative estimate of drug-likeness (QED) is 0.397. The molecule has 25 heavy (non-hydrogen) atoms. The lowest BCUT2D eigenvalue weighted by molar-refractivity contribution is -0.137. The van der Waals surface area contributed by atoms with Crippen molar-refractivity contribution in [3.63, 3.8) is 0 Å². The maximum absolute atomic E-state index is 12.0. The highest BCUT2D eigenvalue weighted by atomic mass is 16.5. The van der Waals surface area contributed by atoms with Gasteiger partial charge in [-0.25, -0.2) is 4.79 Å². The SMILES string of the molecule is CCOC(=O)C=C1CCCCCCCCCCC2CCCC1CCC2. The van der Waals surface area contributed by atoms with Gasteiger partial charge < -0.3 is 4.74 Å². The van der Waals surface area contributed by atoms with Crippen molar-refractivity contribution >= 4 is 5.97 Å². The van der Waals surface area contributed by atoms with E-state index in [1.807, 2.05) is 13.0 Å². The molecule has 0 heterocycles. The average molecular weight is 349 g/mol.